The van der Waals surface area contributed by atoms with Crippen molar-refractivity contribution in [3.63, 3.8) is 0 Å². The molecule has 0 atom stereocenters. The lowest BCUT2D eigenvalue weighted by atomic mass is 9.88. The zero-order chi connectivity index (χ0) is 43.3. The van der Waals surface area contributed by atoms with Crippen molar-refractivity contribution >= 4 is 86.8 Å². The number of aromatic nitrogens is 4. The third kappa shape index (κ3) is 5.39. The summed E-state index contributed by atoms with van der Waals surface area (Å²) >= 11 is 0. The molecule has 4 heteroatoms. The van der Waals surface area contributed by atoms with Crippen molar-refractivity contribution in [2.45, 2.75) is 0 Å². The first-order chi connectivity index (χ1) is 32.8. The second-order valence-corrected chi connectivity index (χ2v) is 17.3. The van der Waals surface area contributed by atoms with Crippen LogP contribution in [0, 0.1) is 0 Å². The van der Waals surface area contributed by atoms with Crippen LogP contribution >= 0.6 is 0 Å². The highest BCUT2D eigenvalue weighted by molar-refractivity contribution is 6.26. The Balaban J connectivity index is 1.08. The predicted octanol–water partition coefficient (Wildman–Crippen LogP) is 16.3. The van der Waals surface area contributed by atoms with Gasteiger partial charge in [0.2, 0.25) is 5.95 Å². The highest BCUT2D eigenvalue weighted by Gasteiger charge is 2.23. The van der Waals surface area contributed by atoms with Gasteiger partial charge >= 0.3 is 0 Å². The Labute approximate surface area is 379 Å². The highest BCUT2D eigenvalue weighted by atomic mass is 15.2. The molecule has 0 amide bonds. The molecule has 0 aliphatic rings. The van der Waals surface area contributed by atoms with Gasteiger partial charge in [-0.15, -0.1) is 0 Å². The van der Waals surface area contributed by atoms with Crippen LogP contribution in [0.1, 0.15) is 0 Å². The average molecular weight is 839 g/mol. The van der Waals surface area contributed by atoms with E-state index in [1.807, 2.05) is 0 Å². The van der Waals surface area contributed by atoms with Crippen molar-refractivity contribution in [3.05, 3.63) is 231 Å². The van der Waals surface area contributed by atoms with Gasteiger partial charge in [-0.2, -0.15) is 0 Å². The summed E-state index contributed by atoms with van der Waals surface area (Å²) < 4.78 is 4.72. The SMILES string of the molecule is c1ccc(-c2nc(-n3c4ccccc4c4c5ccccc5c(-c5cc(-c6cc7c8ccccc8n(-c8ccccc8)c7c7ccccc67)cc6ccccc56)cc43)nc3ccccc23)cc1. The Morgan fingerprint density at radius 3 is 1.64 bits per heavy atom. The summed E-state index contributed by atoms with van der Waals surface area (Å²) in [5, 5.41) is 13.1. The molecule has 0 unspecified atom stereocenters. The fourth-order valence-corrected chi connectivity index (χ4v) is 10.8. The molecule has 0 bridgehead atoms. The van der Waals surface area contributed by atoms with Gasteiger partial charge in [0.05, 0.1) is 33.3 Å². The molecule has 14 rings (SSSR count). The number of hydrogen-bond acceptors (Lipinski definition) is 2. The van der Waals surface area contributed by atoms with E-state index in [0.717, 1.165) is 44.4 Å². The van der Waals surface area contributed by atoms with Gasteiger partial charge in [0.25, 0.3) is 0 Å². The predicted molar refractivity (Wildman–Crippen MR) is 277 cm³/mol. The van der Waals surface area contributed by atoms with Gasteiger partial charge in [-0.05, 0) is 104 Å². The minimum absolute atomic E-state index is 0.646. The van der Waals surface area contributed by atoms with E-state index in [2.05, 4.69) is 240 Å². The fraction of sp³-hybridized carbons (Fsp3) is 0. The van der Waals surface area contributed by atoms with Crippen molar-refractivity contribution in [2.75, 3.05) is 0 Å². The molecule has 3 aromatic heterocycles. The van der Waals surface area contributed by atoms with E-state index in [0.29, 0.717) is 5.95 Å². The zero-order valence-electron chi connectivity index (χ0n) is 35.7. The first kappa shape index (κ1) is 36.6. The van der Waals surface area contributed by atoms with E-state index in [1.54, 1.807) is 0 Å². The number of para-hydroxylation sites is 4. The van der Waals surface area contributed by atoms with E-state index in [1.165, 1.54) is 81.6 Å². The third-order valence-electron chi connectivity index (χ3n) is 13.7. The molecule has 0 saturated carbocycles. The molecule has 0 N–H and O–H groups in total. The Hall–Kier alpha value is -8.86. The van der Waals surface area contributed by atoms with Crippen LogP contribution in [0.2, 0.25) is 0 Å². The number of fused-ring (bicyclic) bond motifs is 12. The van der Waals surface area contributed by atoms with Gasteiger partial charge < -0.3 is 4.57 Å². The monoisotopic (exact) mass is 838 g/mol. The third-order valence-corrected chi connectivity index (χ3v) is 13.7. The lowest BCUT2D eigenvalue weighted by molar-refractivity contribution is 1.01. The molecule has 66 heavy (non-hydrogen) atoms. The molecule has 14 aromatic rings. The molecule has 306 valence electrons. The molecular weight excluding hydrogens is 801 g/mol. The largest absolute Gasteiger partial charge is 0.309 e. The van der Waals surface area contributed by atoms with Gasteiger partial charge in [-0.1, -0.05) is 176 Å². The van der Waals surface area contributed by atoms with Crippen LogP contribution in [-0.2, 0) is 0 Å². The van der Waals surface area contributed by atoms with Crippen LogP contribution in [0.5, 0.6) is 0 Å². The summed E-state index contributed by atoms with van der Waals surface area (Å²) in [7, 11) is 0. The van der Waals surface area contributed by atoms with Gasteiger partial charge in [-0.25, -0.2) is 9.97 Å². The first-order valence-corrected chi connectivity index (χ1v) is 22.6. The Kier molecular flexibility index (Phi) is 7.95. The van der Waals surface area contributed by atoms with Crippen LogP contribution in [0.15, 0.2) is 231 Å². The summed E-state index contributed by atoms with van der Waals surface area (Å²) in [6.07, 6.45) is 0. The molecular formula is C62H38N4. The van der Waals surface area contributed by atoms with Crippen LogP contribution in [-0.4, -0.2) is 19.1 Å². The maximum absolute atomic E-state index is 5.45. The summed E-state index contributed by atoms with van der Waals surface area (Å²) in [4.78, 5) is 10.8. The summed E-state index contributed by atoms with van der Waals surface area (Å²) in [5.74, 6) is 0.646. The van der Waals surface area contributed by atoms with Gasteiger partial charge in [0.1, 0.15) is 0 Å². The standard InChI is InChI=1S/C62H38N4/c1-3-19-39(20-4-1)60-49-30-13-16-32-55(49)63-62(64-60)66-57-34-18-15-31-50(57)59-47-28-11-9-25-44(47)53(38-58(59)66)52-36-41(35-40-21-7-8-24-43(40)52)51-37-54-46-27-14-17-33-56(46)65(42-22-5-2-6-23-42)61(54)48-29-12-10-26-45(48)51/h1-38H. The lowest BCUT2D eigenvalue weighted by Gasteiger charge is -2.17. The normalized spacial score (nSPS) is 11.9. The molecule has 0 radical (unpaired) electrons. The van der Waals surface area contributed by atoms with E-state index in [9.17, 15) is 0 Å². The van der Waals surface area contributed by atoms with Crippen molar-refractivity contribution in [1.82, 2.24) is 19.1 Å². The zero-order valence-corrected chi connectivity index (χ0v) is 35.7. The van der Waals surface area contributed by atoms with Crippen molar-refractivity contribution in [3.8, 4) is 45.1 Å². The smallest absolute Gasteiger partial charge is 0.235 e. The number of benzene rings is 11. The van der Waals surface area contributed by atoms with E-state index in [-0.39, 0.29) is 0 Å². The molecule has 0 aliphatic carbocycles. The van der Waals surface area contributed by atoms with E-state index < -0.39 is 0 Å². The quantitative estimate of drug-likeness (QED) is 0.173. The van der Waals surface area contributed by atoms with E-state index in [4.69, 9.17) is 9.97 Å². The minimum atomic E-state index is 0.646. The molecule has 0 fully saturated rings. The lowest BCUT2D eigenvalue weighted by Crippen LogP contribution is -2.03. The van der Waals surface area contributed by atoms with Crippen molar-refractivity contribution in [2.24, 2.45) is 0 Å². The Morgan fingerprint density at radius 1 is 0.303 bits per heavy atom. The summed E-state index contributed by atoms with van der Waals surface area (Å²) in [5.41, 5.74) is 13.3. The van der Waals surface area contributed by atoms with Gasteiger partial charge in [-0.3, -0.25) is 4.57 Å². The minimum Gasteiger partial charge on any atom is -0.309 e. The Morgan fingerprint density at radius 2 is 0.864 bits per heavy atom. The van der Waals surface area contributed by atoms with Crippen LogP contribution < -0.4 is 0 Å². The number of nitrogens with zero attached hydrogens (tertiary/aromatic N) is 4. The highest BCUT2D eigenvalue weighted by Crippen LogP contribution is 2.46. The fourth-order valence-electron chi connectivity index (χ4n) is 10.8. The molecule has 0 aliphatic heterocycles. The average Bonchev–Trinajstić information content (AvgIpc) is 3.91. The Bertz CT molecular complexity index is 4280. The molecule has 0 spiro atoms. The van der Waals surface area contributed by atoms with Crippen LogP contribution in [0.3, 0.4) is 0 Å². The van der Waals surface area contributed by atoms with Crippen LogP contribution in [0.25, 0.3) is 132 Å². The van der Waals surface area contributed by atoms with Crippen LogP contribution in [0.4, 0.5) is 0 Å². The van der Waals surface area contributed by atoms with E-state index >= 15 is 0 Å². The van der Waals surface area contributed by atoms with Crippen molar-refractivity contribution in [1.29, 1.82) is 0 Å². The second-order valence-electron chi connectivity index (χ2n) is 17.3. The summed E-state index contributed by atoms with van der Waals surface area (Å²) in [6, 6.07) is 83.5. The maximum Gasteiger partial charge on any atom is 0.235 e. The molecule has 3 heterocycles. The maximum atomic E-state index is 5.45. The number of hydrogen-bond donors (Lipinski definition) is 0. The molecule has 4 nitrogen and oxygen atoms in total. The molecule has 11 aromatic carbocycles. The summed E-state index contributed by atoms with van der Waals surface area (Å²) in [6.45, 7) is 0. The first-order valence-electron chi connectivity index (χ1n) is 22.6. The van der Waals surface area contributed by atoms with Crippen molar-refractivity contribution < 1.29 is 0 Å². The molecule has 0 saturated heterocycles. The van der Waals surface area contributed by atoms with Gasteiger partial charge in [0.15, 0.2) is 0 Å². The second kappa shape index (κ2) is 14.3. The van der Waals surface area contributed by atoms with Gasteiger partial charge in [0, 0.05) is 43.6 Å². The number of rotatable bonds is 5. The topological polar surface area (TPSA) is 35.6 Å².